The van der Waals surface area contributed by atoms with E-state index in [2.05, 4.69) is 46.6 Å². The topological polar surface area (TPSA) is 57.2 Å². The van der Waals surface area contributed by atoms with Gasteiger partial charge in [-0.25, -0.2) is 4.79 Å². The Labute approximate surface area is 148 Å². The van der Waals surface area contributed by atoms with Crippen LogP contribution in [-0.4, -0.2) is 66.4 Å². The van der Waals surface area contributed by atoms with Crippen LogP contribution in [0.15, 0.2) is 29.4 Å². The van der Waals surface area contributed by atoms with E-state index in [9.17, 15) is 4.79 Å². The van der Waals surface area contributed by atoms with E-state index < -0.39 is 0 Å². The molecule has 0 radical (unpaired) electrons. The van der Waals surface area contributed by atoms with Gasteiger partial charge in [-0.3, -0.25) is 4.90 Å². The number of aryl methyl sites for hydroxylation is 1. The zero-order valence-corrected chi connectivity index (χ0v) is 14.8. The number of carbonyl (C=O) groups is 1. The third-order valence-corrected chi connectivity index (χ3v) is 5.47. The van der Waals surface area contributed by atoms with Crippen molar-refractivity contribution in [1.29, 1.82) is 0 Å². The molecule has 4 rings (SSSR count). The fraction of sp³-hybridized carbons (Fsp3) is 0.579. The van der Waals surface area contributed by atoms with Crippen LogP contribution in [0.1, 0.15) is 30.4 Å². The Morgan fingerprint density at radius 3 is 2.96 bits per heavy atom. The maximum Gasteiger partial charge on any atom is 0.317 e. The number of piperazine rings is 1. The number of nitrogens with one attached hydrogen (secondary N) is 1. The van der Waals surface area contributed by atoms with Crippen LogP contribution in [0.3, 0.4) is 0 Å². The summed E-state index contributed by atoms with van der Waals surface area (Å²) in [5.74, 6) is 0. The first-order valence-corrected chi connectivity index (χ1v) is 9.25. The molecule has 25 heavy (non-hydrogen) atoms. The minimum atomic E-state index is -0.0759. The van der Waals surface area contributed by atoms with E-state index in [1.807, 2.05) is 4.90 Å². The largest absolute Gasteiger partial charge is 0.390 e. The molecule has 3 heterocycles. The number of urea groups is 1. The molecule has 1 N–H and O–H groups in total. The number of hydrogen-bond donors (Lipinski definition) is 1. The smallest absolute Gasteiger partial charge is 0.317 e. The molecule has 1 aromatic carbocycles. The summed E-state index contributed by atoms with van der Waals surface area (Å²) in [6.45, 7) is 6.43. The number of fused-ring (bicyclic) bond motifs is 1. The molecular formula is C19H26N4O2. The van der Waals surface area contributed by atoms with Crippen molar-refractivity contribution in [2.24, 2.45) is 5.16 Å². The third-order valence-electron chi connectivity index (χ3n) is 5.47. The number of benzene rings is 1. The molecule has 3 aliphatic heterocycles. The Bertz CT molecular complexity index is 658. The second-order valence-corrected chi connectivity index (χ2v) is 7.30. The molecule has 6 heteroatoms. The lowest BCUT2D eigenvalue weighted by molar-refractivity contribution is 0.0809. The van der Waals surface area contributed by atoms with Crippen molar-refractivity contribution in [2.75, 3.05) is 32.7 Å². The average molecular weight is 342 g/mol. The molecule has 0 unspecified atom stereocenters. The van der Waals surface area contributed by atoms with Gasteiger partial charge in [0.2, 0.25) is 0 Å². The van der Waals surface area contributed by atoms with E-state index in [1.165, 1.54) is 24.9 Å². The SMILES string of the molecule is Cc1ccc(C2=NO[C@H](CNC(=O)N3CCN4CCC[C@H]4C3)C2)cc1. The van der Waals surface area contributed by atoms with E-state index in [-0.39, 0.29) is 12.1 Å². The molecule has 2 atom stereocenters. The number of hydrogen-bond acceptors (Lipinski definition) is 4. The van der Waals surface area contributed by atoms with Crippen LogP contribution < -0.4 is 5.32 Å². The minimum absolute atomic E-state index is 0.0268. The molecule has 0 spiro atoms. The standard InChI is InChI=1S/C19H26N4O2/c1-14-4-6-15(7-5-14)18-11-17(25-21-18)12-20-19(24)23-10-9-22-8-2-3-16(22)13-23/h4-7,16-17H,2-3,8-13H2,1H3,(H,20,24)/t16-,17-/m0/s1. The Kier molecular flexibility index (Phi) is 4.61. The van der Waals surface area contributed by atoms with Crippen LogP contribution in [-0.2, 0) is 4.84 Å². The number of amides is 2. The summed E-state index contributed by atoms with van der Waals surface area (Å²) >= 11 is 0. The van der Waals surface area contributed by atoms with Crippen molar-refractivity contribution < 1.29 is 9.63 Å². The van der Waals surface area contributed by atoms with Crippen LogP contribution in [0.2, 0.25) is 0 Å². The molecule has 2 fully saturated rings. The fourth-order valence-electron chi connectivity index (χ4n) is 3.94. The lowest BCUT2D eigenvalue weighted by Gasteiger charge is -2.37. The predicted octanol–water partition coefficient (Wildman–Crippen LogP) is 1.98. The Hall–Kier alpha value is -2.08. The van der Waals surface area contributed by atoms with Gasteiger partial charge in [0.15, 0.2) is 6.10 Å². The van der Waals surface area contributed by atoms with Crippen LogP contribution in [0.25, 0.3) is 0 Å². The average Bonchev–Trinajstić information content (AvgIpc) is 3.29. The maximum atomic E-state index is 12.4. The van der Waals surface area contributed by atoms with Gasteiger partial charge >= 0.3 is 6.03 Å². The van der Waals surface area contributed by atoms with Gasteiger partial charge in [-0.2, -0.15) is 0 Å². The lowest BCUT2D eigenvalue weighted by atomic mass is 10.0. The van der Waals surface area contributed by atoms with Gasteiger partial charge in [-0.05, 0) is 31.9 Å². The van der Waals surface area contributed by atoms with Gasteiger partial charge in [-0.15, -0.1) is 0 Å². The summed E-state index contributed by atoms with van der Waals surface area (Å²) in [7, 11) is 0. The van der Waals surface area contributed by atoms with E-state index in [1.54, 1.807) is 0 Å². The van der Waals surface area contributed by atoms with Crippen molar-refractivity contribution in [3.63, 3.8) is 0 Å². The molecule has 2 saturated heterocycles. The fourth-order valence-corrected chi connectivity index (χ4v) is 3.94. The highest BCUT2D eigenvalue weighted by atomic mass is 16.6. The summed E-state index contributed by atoms with van der Waals surface area (Å²) in [4.78, 5) is 22.4. The molecular weight excluding hydrogens is 316 g/mol. The monoisotopic (exact) mass is 342 g/mol. The molecule has 1 aromatic rings. The van der Waals surface area contributed by atoms with Crippen LogP contribution in [0.5, 0.6) is 0 Å². The first kappa shape index (κ1) is 16.4. The summed E-state index contributed by atoms with van der Waals surface area (Å²) < 4.78 is 0. The summed E-state index contributed by atoms with van der Waals surface area (Å²) in [5.41, 5.74) is 3.28. The summed E-state index contributed by atoms with van der Waals surface area (Å²) in [6.07, 6.45) is 3.13. The normalized spacial score (nSPS) is 26.1. The first-order valence-electron chi connectivity index (χ1n) is 9.25. The third kappa shape index (κ3) is 3.63. The van der Waals surface area contributed by atoms with Crippen LogP contribution in [0.4, 0.5) is 4.79 Å². The molecule has 0 aromatic heterocycles. The molecule has 0 saturated carbocycles. The highest BCUT2D eigenvalue weighted by Crippen LogP contribution is 2.21. The second kappa shape index (κ2) is 7.04. The molecule has 134 valence electrons. The Morgan fingerprint density at radius 2 is 2.12 bits per heavy atom. The lowest BCUT2D eigenvalue weighted by Crippen LogP contribution is -2.55. The number of carbonyl (C=O) groups excluding carboxylic acids is 1. The number of oxime groups is 1. The van der Waals surface area contributed by atoms with Gasteiger partial charge in [-0.1, -0.05) is 35.0 Å². The molecule has 0 bridgehead atoms. The Morgan fingerprint density at radius 1 is 1.28 bits per heavy atom. The molecule has 0 aliphatic carbocycles. The van der Waals surface area contributed by atoms with Crippen molar-refractivity contribution in [2.45, 2.75) is 38.3 Å². The minimum Gasteiger partial charge on any atom is -0.390 e. The zero-order valence-electron chi connectivity index (χ0n) is 14.8. The van der Waals surface area contributed by atoms with Gasteiger partial charge in [0.1, 0.15) is 0 Å². The van der Waals surface area contributed by atoms with Gasteiger partial charge in [0, 0.05) is 32.1 Å². The highest BCUT2D eigenvalue weighted by Gasteiger charge is 2.32. The Balaban J connectivity index is 1.24. The van der Waals surface area contributed by atoms with Crippen molar-refractivity contribution in [3.05, 3.63) is 35.4 Å². The second-order valence-electron chi connectivity index (χ2n) is 7.30. The number of nitrogens with zero attached hydrogens (tertiary/aromatic N) is 3. The first-order chi connectivity index (χ1) is 12.2. The predicted molar refractivity (Wildman–Crippen MR) is 96.8 cm³/mol. The molecule has 6 nitrogen and oxygen atoms in total. The highest BCUT2D eigenvalue weighted by molar-refractivity contribution is 6.01. The maximum absolute atomic E-state index is 12.4. The van der Waals surface area contributed by atoms with Gasteiger partial charge < -0.3 is 15.1 Å². The van der Waals surface area contributed by atoms with E-state index in [4.69, 9.17) is 4.84 Å². The van der Waals surface area contributed by atoms with E-state index in [0.717, 1.165) is 37.3 Å². The van der Waals surface area contributed by atoms with Crippen molar-refractivity contribution >= 4 is 11.7 Å². The molecule has 3 aliphatic rings. The molecule has 2 amide bonds. The van der Waals surface area contributed by atoms with Crippen LogP contribution in [0, 0.1) is 6.92 Å². The van der Waals surface area contributed by atoms with Crippen LogP contribution >= 0.6 is 0 Å². The summed E-state index contributed by atoms with van der Waals surface area (Å²) in [5, 5.41) is 7.22. The van der Waals surface area contributed by atoms with Gasteiger partial charge in [0.25, 0.3) is 0 Å². The van der Waals surface area contributed by atoms with E-state index >= 15 is 0 Å². The van der Waals surface area contributed by atoms with Crippen molar-refractivity contribution in [1.82, 2.24) is 15.1 Å². The van der Waals surface area contributed by atoms with E-state index in [0.29, 0.717) is 12.6 Å². The quantitative estimate of drug-likeness (QED) is 0.914. The zero-order chi connectivity index (χ0) is 17.2. The summed E-state index contributed by atoms with van der Waals surface area (Å²) in [6, 6.07) is 8.88. The van der Waals surface area contributed by atoms with Gasteiger partial charge in [0.05, 0.1) is 12.3 Å². The van der Waals surface area contributed by atoms with Crippen molar-refractivity contribution in [3.8, 4) is 0 Å². The number of rotatable bonds is 3.